The van der Waals surface area contributed by atoms with E-state index < -0.39 is 0 Å². The average molecular weight is 284 g/mol. The average Bonchev–Trinajstić information content (AvgIpc) is 2.85. The van der Waals surface area contributed by atoms with Crippen LogP contribution in [-0.2, 0) is 11.3 Å². The molecule has 0 saturated carbocycles. The number of nitrogens with zero attached hydrogens (tertiary/aromatic N) is 3. The van der Waals surface area contributed by atoms with E-state index in [9.17, 15) is 0 Å². The van der Waals surface area contributed by atoms with E-state index in [-0.39, 0.29) is 0 Å². The molecule has 0 radical (unpaired) electrons. The molecule has 2 heterocycles. The molecule has 0 aromatic carbocycles. The molecule has 1 aliphatic rings. The first-order chi connectivity index (χ1) is 9.22. The van der Waals surface area contributed by atoms with Gasteiger partial charge in [-0.3, -0.25) is 0 Å². The lowest BCUT2D eigenvalue weighted by Crippen LogP contribution is -2.21. The van der Waals surface area contributed by atoms with Crippen molar-refractivity contribution < 1.29 is 4.74 Å². The van der Waals surface area contributed by atoms with Gasteiger partial charge in [0.2, 0.25) is 0 Å². The molecule has 1 atom stereocenters. The lowest BCUT2D eigenvalue weighted by atomic mass is 10.0. The van der Waals surface area contributed by atoms with Gasteiger partial charge in [0.25, 0.3) is 0 Å². The first kappa shape index (κ1) is 14.5. The van der Waals surface area contributed by atoms with Gasteiger partial charge in [-0.1, -0.05) is 24.9 Å². The van der Waals surface area contributed by atoms with Gasteiger partial charge < -0.3 is 9.64 Å². The molecule has 106 valence electrons. The smallest absolute Gasteiger partial charge is 0.158 e. The molecule has 19 heavy (non-hydrogen) atoms. The molecule has 2 rings (SSSR count). The van der Waals surface area contributed by atoms with Crippen molar-refractivity contribution in [3.8, 4) is 0 Å². The summed E-state index contributed by atoms with van der Waals surface area (Å²) in [5.74, 6) is 2.39. The minimum Gasteiger partial charge on any atom is -0.374 e. The van der Waals surface area contributed by atoms with Crippen molar-refractivity contribution in [3.63, 3.8) is 0 Å². The van der Waals surface area contributed by atoms with Crippen molar-refractivity contribution in [3.05, 3.63) is 17.0 Å². The Bertz CT molecular complexity index is 414. The zero-order chi connectivity index (χ0) is 13.7. The monoisotopic (exact) mass is 283 g/mol. The number of ether oxygens (including phenoxy) is 1. The molecule has 1 unspecified atom stereocenters. The van der Waals surface area contributed by atoms with Gasteiger partial charge >= 0.3 is 0 Å². The maximum Gasteiger partial charge on any atom is 0.158 e. The van der Waals surface area contributed by atoms with Gasteiger partial charge in [0.15, 0.2) is 5.82 Å². The Morgan fingerprint density at radius 1 is 1.42 bits per heavy atom. The highest BCUT2D eigenvalue weighted by Gasteiger charge is 2.23. The minimum absolute atomic E-state index is 0.427. The van der Waals surface area contributed by atoms with E-state index in [2.05, 4.69) is 21.8 Å². The van der Waals surface area contributed by atoms with E-state index in [1.54, 1.807) is 0 Å². The van der Waals surface area contributed by atoms with E-state index in [1.807, 2.05) is 13.0 Å². The van der Waals surface area contributed by atoms with Crippen molar-refractivity contribution in [1.29, 1.82) is 0 Å². The van der Waals surface area contributed by atoms with Gasteiger partial charge in [0.1, 0.15) is 17.6 Å². The summed E-state index contributed by atoms with van der Waals surface area (Å²) in [6.45, 7) is 7.43. The summed E-state index contributed by atoms with van der Waals surface area (Å²) in [5, 5.41) is 0.499. The summed E-state index contributed by atoms with van der Waals surface area (Å²) < 4.78 is 5.35. The zero-order valence-electron chi connectivity index (χ0n) is 11.7. The van der Waals surface area contributed by atoms with Gasteiger partial charge in [0.05, 0.1) is 0 Å². The number of rotatable bonds is 6. The Morgan fingerprint density at radius 3 is 3.00 bits per heavy atom. The van der Waals surface area contributed by atoms with Crippen LogP contribution in [0.5, 0.6) is 0 Å². The predicted octanol–water partition coefficient (Wildman–Crippen LogP) is 3.29. The fraction of sp³-hybridized carbons (Fsp3) is 0.714. The second kappa shape index (κ2) is 7.06. The molecule has 0 N–H and O–H groups in total. The second-order valence-corrected chi connectivity index (χ2v) is 5.38. The third kappa shape index (κ3) is 4.05. The fourth-order valence-electron chi connectivity index (χ4n) is 2.56. The molecule has 5 heteroatoms. The standard InChI is InChI=1S/C14H22ClN3O/c1-3-5-11-6-7-18(9-11)14-8-12(15)16-13(17-14)10-19-4-2/h8,11H,3-7,9-10H2,1-2H3. The SMILES string of the molecule is CCCC1CCN(c2cc(Cl)nc(COCC)n2)C1. The van der Waals surface area contributed by atoms with Crippen molar-refractivity contribution in [2.75, 3.05) is 24.6 Å². The van der Waals surface area contributed by atoms with Crippen molar-refractivity contribution in [2.24, 2.45) is 5.92 Å². The molecule has 1 aromatic heterocycles. The van der Waals surface area contributed by atoms with Crippen LogP contribution in [0.1, 0.15) is 38.9 Å². The molecular weight excluding hydrogens is 262 g/mol. The van der Waals surface area contributed by atoms with Crippen molar-refractivity contribution >= 4 is 17.4 Å². The first-order valence-electron chi connectivity index (χ1n) is 7.09. The molecule has 1 aliphatic heterocycles. The van der Waals surface area contributed by atoms with Crippen LogP contribution >= 0.6 is 11.6 Å². The van der Waals surface area contributed by atoms with E-state index in [1.165, 1.54) is 19.3 Å². The van der Waals surface area contributed by atoms with E-state index >= 15 is 0 Å². The maximum absolute atomic E-state index is 6.07. The lowest BCUT2D eigenvalue weighted by molar-refractivity contribution is 0.128. The highest BCUT2D eigenvalue weighted by atomic mass is 35.5. The Labute approximate surface area is 120 Å². The Hall–Kier alpha value is -0.870. The summed E-state index contributed by atoms with van der Waals surface area (Å²) in [6.07, 6.45) is 3.79. The van der Waals surface area contributed by atoms with Crippen LogP contribution in [-0.4, -0.2) is 29.7 Å². The van der Waals surface area contributed by atoms with Crippen molar-refractivity contribution in [1.82, 2.24) is 9.97 Å². The van der Waals surface area contributed by atoms with E-state index in [0.29, 0.717) is 24.2 Å². The van der Waals surface area contributed by atoms with Crippen molar-refractivity contribution in [2.45, 2.75) is 39.7 Å². The number of hydrogen-bond donors (Lipinski definition) is 0. The molecule has 4 nitrogen and oxygen atoms in total. The maximum atomic E-state index is 6.07. The Balaban J connectivity index is 2.05. The predicted molar refractivity (Wildman–Crippen MR) is 77.6 cm³/mol. The normalized spacial score (nSPS) is 19.1. The largest absolute Gasteiger partial charge is 0.374 e. The topological polar surface area (TPSA) is 38.2 Å². The van der Waals surface area contributed by atoms with Crippen LogP contribution in [0.25, 0.3) is 0 Å². The van der Waals surface area contributed by atoms with Gasteiger partial charge in [-0.15, -0.1) is 0 Å². The highest BCUT2D eigenvalue weighted by Crippen LogP contribution is 2.26. The van der Waals surface area contributed by atoms with Gasteiger partial charge in [-0.05, 0) is 25.7 Å². The third-order valence-corrected chi connectivity index (χ3v) is 3.66. The summed E-state index contributed by atoms with van der Waals surface area (Å²) in [6, 6.07) is 1.85. The summed E-state index contributed by atoms with van der Waals surface area (Å²) in [4.78, 5) is 11.1. The Kier molecular flexibility index (Phi) is 5.40. The molecule has 1 aromatic rings. The molecule has 0 amide bonds. The molecular formula is C14H22ClN3O. The van der Waals surface area contributed by atoms with E-state index in [0.717, 1.165) is 24.8 Å². The van der Waals surface area contributed by atoms with Gasteiger partial charge in [-0.2, -0.15) is 0 Å². The number of aromatic nitrogens is 2. The second-order valence-electron chi connectivity index (χ2n) is 4.99. The lowest BCUT2D eigenvalue weighted by Gasteiger charge is -2.18. The first-order valence-corrected chi connectivity index (χ1v) is 7.46. The van der Waals surface area contributed by atoms with Crippen LogP contribution < -0.4 is 4.90 Å². The van der Waals surface area contributed by atoms with E-state index in [4.69, 9.17) is 16.3 Å². The Morgan fingerprint density at radius 2 is 2.26 bits per heavy atom. The van der Waals surface area contributed by atoms with Crippen LogP contribution in [0.3, 0.4) is 0 Å². The number of anilines is 1. The van der Waals surface area contributed by atoms with Crippen LogP contribution in [0.4, 0.5) is 5.82 Å². The van der Waals surface area contributed by atoms with Gasteiger partial charge in [0, 0.05) is 25.8 Å². The number of hydrogen-bond acceptors (Lipinski definition) is 4. The summed E-state index contributed by atoms with van der Waals surface area (Å²) >= 11 is 6.07. The summed E-state index contributed by atoms with van der Waals surface area (Å²) in [7, 11) is 0. The van der Waals surface area contributed by atoms with Crippen LogP contribution in [0.2, 0.25) is 5.15 Å². The van der Waals surface area contributed by atoms with Crippen LogP contribution in [0, 0.1) is 5.92 Å². The molecule has 0 bridgehead atoms. The van der Waals surface area contributed by atoms with Crippen LogP contribution in [0.15, 0.2) is 6.07 Å². The summed E-state index contributed by atoms with van der Waals surface area (Å²) in [5.41, 5.74) is 0. The highest BCUT2D eigenvalue weighted by molar-refractivity contribution is 6.29. The third-order valence-electron chi connectivity index (χ3n) is 3.47. The van der Waals surface area contributed by atoms with Gasteiger partial charge in [-0.25, -0.2) is 9.97 Å². The molecule has 1 saturated heterocycles. The fourth-order valence-corrected chi connectivity index (χ4v) is 2.75. The molecule has 0 spiro atoms. The zero-order valence-corrected chi connectivity index (χ0v) is 12.5. The minimum atomic E-state index is 0.427. The quantitative estimate of drug-likeness (QED) is 0.751. The molecule has 0 aliphatic carbocycles. The molecule has 1 fully saturated rings. The number of halogens is 1.